The van der Waals surface area contributed by atoms with E-state index in [4.69, 9.17) is 4.74 Å². The van der Waals surface area contributed by atoms with E-state index in [9.17, 15) is 9.59 Å². The van der Waals surface area contributed by atoms with Crippen LogP contribution < -0.4 is 4.74 Å². The van der Waals surface area contributed by atoms with Crippen LogP contribution in [0.15, 0.2) is 24.3 Å². The van der Waals surface area contributed by atoms with Crippen molar-refractivity contribution < 1.29 is 14.3 Å². The SMILES string of the molecule is Cc1ccccc1OCCCN(C)C(=O)C1CCCC(=O)N1C. The largest absolute Gasteiger partial charge is 0.493 e. The highest BCUT2D eigenvalue weighted by molar-refractivity contribution is 5.88. The molecular formula is C18H26N2O3. The van der Waals surface area contributed by atoms with E-state index >= 15 is 0 Å². The number of ether oxygens (including phenoxy) is 1. The third-order valence-electron chi connectivity index (χ3n) is 4.38. The maximum atomic E-state index is 12.5. The highest BCUT2D eigenvalue weighted by atomic mass is 16.5. The number of carbonyl (C=O) groups is 2. The van der Waals surface area contributed by atoms with Gasteiger partial charge < -0.3 is 14.5 Å². The molecule has 0 N–H and O–H groups in total. The summed E-state index contributed by atoms with van der Waals surface area (Å²) in [5, 5.41) is 0. The van der Waals surface area contributed by atoms with Gasteiger partial charge in [0.2, 0.25) is 11.8 Å². The van der Waals surface area contributed by atoms with Gasteiger partial charge >= 0.3 is 0 Å². The number of hydrogen-bond acceptors (Lipinski definition) is 3. The molecule has 1 heterocycles. The van der Waals surface area contributed by atoms with Gasteiger partial charge in [-0.3, -0.25) is 9.59 Å². The Morgan fingerprint density at radius 2 is 2.13 bits per heavy atom. The van der Waals surface area contributed by atoms with Gasteiger partial charge in [0.1, 0.15) is 11.8 Å². The number of carbonyl (C=O) groups excluding carboxylic acids is 2. The molecule has 2 rings (SSSR count). The molecular weight excluding hydrogens is 292 g/mol. The lowest BCUT2D eigenvalue weighted by atomic mass is 10.0. The van der Waals surface area contributed by atoms with Crippen LogP contribution in [0.1, 0.15) is 31.2 Å². The van der Waals surface area contributed by atoms with Gasteiger partial charge in [-0.1, -0.05) is 18.2 Å². The maximum Gasteiger partial charge on any atom is 0.245 e. The van der Waals surface area contributed by atoms with Crippen molar-refractivity contribution in [3.8, 4) is 5.75 Å². The van der Waals surface area contributed by atoms with E-state index in [0.717, 1.165) is 30.6 Å². The molecule has 23 heavy (non-hydrogen) atoms. The third-order valence-corrected chi connectivity index (χ3v) is 4.38. The number of hydrogen-bond donors (Lipinski definition) is 0. The fraction of sp³-hybridized carbons (Fsp3) is 0.556. The quantitative estimate of drug-likeness (QED) is 0.756. The van der Waals surface area contributed by atoms with Crippen LogP contribution in [0.2, 0.25) is 0 Å². The predicted octanol–water partition coefficient (Wildman–Crippen LogP) is 2.23. The molecule has 1 aromatic carbocycles. The van der Waals surface area contributed by atoms with Crippen LogP contribution in [0.25, 0.3) is 0 Å². The first-order valence-corrected chi connectivity index (χ1v) is 8.19. The molecule has 0 bridgehead atoms. The summed E-state index contributed by atoms with van der Waals surface area (Å²) >= 11 is 0. The lowest BCUT2D eigenvalue weighted by Gasteiger charge is -2.34. The lowest BCUT2D eigenvalue weighted by molar-refractivity contribution is -0.146. The average molecular weight is 318 g/mol. The van der Waals surface area contributed by atoms with Crippen LogP contribution >= 0.6 is 0 Å². The molecule has 1 atom stereocenters. The molecule has 0 spiro atoms. The monoisotopic (exact) mass is 318 g/mol. The van der Waals surface area contributed by atoms with Gasteiger partial charge in [-0.25, -0.2) is 0 Å². The first-order chi connectivity index (χ1) is 11.0. The summed E-state index contributed by atoms with van der Waals surface area (Å²) in [7, 11) is 3.52. The summed E-state index contributed by atoms with van der Waals surface area (Å²) in [6.45, 7) is 3.21. The average Bonchev–Trinajstić information content (AvgIpc) is 2.55. The Morgan fingerprint density at radius 3 is 2.87 bits per heavy atom. The van der Waals surface area contributed by atoms with Crippen molar-refractivity contribution in [3.63, 3.8) is 0 Å². The molecule has 1 aromatic rings. The topological polar surface area (TPSA) is 49.9 Å². The highest BCUT2D eigenvalue weighted by Crippen LogP contribution is 2.18. The third kappa shape index (κ3) is 4.47. The second-order valence-electron chi connectivity index (χ2n) is 6.14. The molecule has 1 aliphatic rings. The van der Waals surface area contributed by atoms with Crippen LogP contribution in [-0.4, -0.2) is 54.9 Å². The van der Waals surface area contributed by atoms with E-state index in [1.54, 1.807) is 23.9 Å². The Morgan fingerprint density at radius 1 is 1.39 bits per heavy atom. The van der Waals surface area contributed by atoms with Gasteiger partial charge in [0.05, 0.1) is 6.61 Å². The van der Waals surface area contributed by atoms with Crippen molar-refractivity contribution >= 4 is 11.8 Å². The minimum Gasteiger partial charge on any atom is -0.493 e. The lowest BCUT2D eigenvalue weighted by Crippen LogP contribution is -2.50. The number of benzene rings is 1. The second-order valence-corrected chi connectivity index (χ2v) is 6.14. The molecule has 1 fully saturated rings. The first kappa shape index (κ1) is 17.3. The molecule has 0 saturated carbocycles. The summed E-state index contributed by atoms with van der Waals surface area (Å²) in [6, 6.07) is 7.59. The maximum absolute atomic E-state index is 12.5. The number of likely N-dealkylation sites (tertiary alicyclic amines) is 1. The normalized spacial score (nSPS) is 18.0. The number of amides is 2. The fourth-order valence-electron chi connectivity index (χ4n) is 2.85. The van der Waals surface area contributed by atoms with Gasteiger partial charge in [0.15, 0.2) is 0 Å². The first-order valence-electron chi connectivity index (χ1n) is 8.19. The van der Waals surface area contributed by atoms with E-state index in [0.29, 0.717) is 19.6 Å². The molecule has 5 heteroatoms. The van der Waals surface area contributed by atoms with E-state index in [1.165, 1.54) is 0 Å². The van der Waals surface area contributed by atoms with E-state index < -0.39 is 0 Å². The van der Waals surface area contributed by atoms with Crippen molar-refractivity contribution in [1.29, 1.82) is 0 Å². The van der Waals surface area contributed by atoms with E-state index in [-0.39, 0.29) is 17.9 Å². The van der Waals surface area contributed by atoms with Crippen LogP contribution in [0.5, 0.6) is 5.75 Å². The zero-order valence-electron chi connectivity index (χ0n) is 14.2. The van der Waals surface area contributed by atoms with E-state index in [1.807, 2.05) is 31.2 Å². The van der Waals surface area contributed by atoms with Crippen molar-refractivity contribution in [3.05, 3.63) is 29.8 Å². The Labute approximate surface area is 138 Å². The predicted molar refractivity (Wildman–Crippen MR) is 89.3 cm³/mol. The molecule has 0 aromatic heterocycles. The van der Waals surface area contributed by atoms with Crippen LogP contribution in [0.4, 0.5) is 0 Å². The second kappa shape index (κ2) is 7.99. The smallest absolute Gasteiger partial charge is 0.245 e. The number of piperidine rings is 1. The van der Waals surface area contributed by atoms with Crippen molar-refractivity contribution in [2.75, 3.05) is 27.2 Å². The van der Waals surface area contributed by atoms with E-state index in [2.05, 4.69) is 0 Å². The van der Waals surface area contributed by atoms with Gasteiger partial charge in [-0.2, -0.15) is 0 Å². The molecule has 126 valence electrons. The zero-order chi connectivity index (χ0) is 16.8. The van der Waals surface area contributed by atoms with Gasteiger partial charge in [0.25, 0.3) is 0 Å². The van der Waals surface area contributed by atoms with Gasteiger partial charge in [-0.15, -0.1) is 0 Å². The number of aryl methyl sites for hydroxylation is 1. The minimum absolute atomic E-state index is 0.0245. The summed E-state index contributed by atoms with van der Waals surface area (Å²) in [5.41, 5.74) is 1.11. The van der Waals surface area contributed by atoms with Crippen LogP contribution in [-0.2, 0) is 9.59 Å². The van der Waals surface area contributed by atoms with Gasteiger partial charge in [0, 0.05) is 27.1 Å². The Hall–Kier alpha value is -2.04. The number of para-hydroxylation sites is 1. The van der Waals surface area contributed by atoms with Crippen molar-refractivity contribution in [2.24, 2.45) is 0 Å². The highest BCUT2D eigenvalue weighted by Gasteiger charge is 2.31. The van der Waals surface area contributed by atoms with Crippen LogP contribution in [0, 0.1) is 6.92 Å². The molecule has 1 unspecified atom stereocenters. The number of likely N-dealkylation sites (N-methyl/N-ethyl adjacent to an activating group) is 2. The molecule has 0 radical (unpaired) electrons. The molecule has 1 aliphatic heterocycles. The van der Waals surface area contributed by atoms with Crippen LogP contribution in [0.3, 0.4) is 0 Å². The summed E-state index contributed by atoms with van der Waals surface area (Å²) in [4.78, 5) is 27.5. The Bertz CT molecular complexity index is 559. The standard InChI is InChI=1S/C18H26N2O3/c1-14-8-4-5-10-16(14)23-13-7-12-19(2)18(22)15-9-6-11-17(21)20(15)3/h4-5,8,10,15H,6-7,9,11-13H2,1-3H3. The Kier molecular flexibility index (Phi) is 6.02. The van der Waals surface area contributed by atoms with Gasteiger partial charge in [-0.05, 0) is 37.8 Å². The molecule has 2 amide bonds. The molecule has 0 aliphatic carbocycles. The Balaban J connectivity index is 1.76. The summed E-state index contributed by atoms with van der Waals surface area (Å²) < 4.78 is 5.75. The number of nitrogens with zero attached hydrogens (tertiary/aromatic N) is 2. The zero-order valence-corrected chi connectivity index (χ0v) is 14.2. The van der Waals surface area contributed by atoms with Crippen molar-refractivity contribution in [2.45, 2.75) is 38.6 Å². The minimum atomic E-state index is -0.307. The number of rotatable bonds is 6. The van der Waals surface area contributed by atoms with Crippen molar-refractivity contribution in [1.82, 2.24) is 9.80 Å². The summed E-state index contributed by atoms with van der Waals surface area (Å²) in [5.74, 6) is 0.974. The summed E-state index contributed by atoms with van der Waals surface area (Å²) in [6.07, 6.45) is 2.87. The molecule has 5 nitrogen and oxygen atoms in total. The fourth-order valence-corrected chi connectivity index (χ4v) is 2.85. The molecule has 1 saturated heterocycles.